The summed E-state index contributed by atoms with van der Waals surface area (Å²) in [6.45, 7) is 11.3. The highest BCUT2D eigenvalue weighted by Gasteiger charge is 2.59. The lowest BCUT2D eigenvalue weighted by molar-refractivity contribution is 0.478. The fraction of sp³-hybridized carbons (Fsp3) is 0.714. The molecule has 1 aliphatic carbocycles. The van der Waals surface area contributed by atoms with Crippen LogP contribution in [-0.4, -0.2) is 13.1 Å². The molecule has 2 rings (SSSR count). The molecule has 1 aromatic rings. The molecule has 0 spiro atoms. The van der Waals surface area contributed by atoms with Crippen LogP contribution in [-0.2, 0) is 0 Å². The highest BCUT2D eigenvalue weighted by molar-refractivity contribution is 9.10. The van der Waals surface area contributed by atoms with Crippen molar-refractivity contribution in [3.8, 4) is 0 Å². The molecule has 1 N–H and O–H groups in total. The molecule has 0 saturated heterocycles. The number of hydrogen-bond acceptors (Lipinski definition) is 2. The largest absolute Gasteiger partial charge is 0.468 e. The van der Waals surface area contributed by atoms with Crippen molar-refractivity contribution in [2.24, 2.45) is 17.3 Å². The second kappa shape index (κ2) is 4.77. The van der Waals surface area contributed by atoms with E-state index in [-0.39, 0.29) is 0 Å². The van der Waals surface area contributed by atoms with Crippen LogP contribution in [0.15, 0.2) is 21.2 Å². The summed E-state index contributed by atoms with van der Waals surface area (Å²) < 4.78 is 6.72. The van der Waals surface area contributed by atoms with E-state index in [1.165, 1.54) is 0 Å². The van der Waals surface area contributed by atoms with E-state index in [2.05, 4.69) is 48.9 Å². The summed E-state index contributed by atoms with van der Waals surface area (Å²) in [5.74, 6) is 3.06. The zero-order chi connectivity index (χ0) is 12.6. The summed E-state index contributed by atoms with van der Waals surface area (Å²) in [6.07, 6.45) is 1.77. The Bertz CT molecular complexity index is 383. The van der Waals surface area contributed by atoms with Crippen molar-refractivity contribution in [1.29, 1.82) is 0 Å². The van der Waals surface area contributed by atoms with Crippen LogP contribution < -0.4 is 5.32 Å². The molecule has 0 amide bonds. The van der Waals surface area contributed by atoms with Gasteiger partial charge < -0.3 is 9.73 Å². The van der Waals surface area contributed by atoms with Crippen LogP contribution in [0.4, 0.5) is 0 Å². The van der Waals surface area contributed by atoms with Crippen molar-refractivity contribution in [2.45, 2.75) is 33.6 Å². The Kier molecular flexibility index (Phi) is 3.69. The summed E-state index contributed by atoms with van der Waals surface area (Å²) >= 11 is 3.56. The van der Waals surface area contributed by atoms with Crippen molar-refractivity contribution in [3.05, 3.63) is 22.6 Å². The van der Waals surface area contributed by atoms with E-state index in [1.807, 2.05) is 6.07 Å². The molecule has 0 aliphatic heterocycles. The van der Waals surface area contributed by atoms with Gasteiger partial charge in [-0.2, -0.15) is 0 Å². The minimum absolute atomic E-state index is 0.352. The number of furan rings is 1. The molecule has 3 heteroatoms. The zero-order valence-electron chi connectivity index (χ0n) is 11.1. The number of halogens is 1. The predicted molar refractivity (Wildman–Crippen MR) is 74.1 cm³/mol. The Morgan fingerprint density at radius 2 is 2.18 bits per heavy atom. The van der Waals surface area contributed by atoms with Gasteiger partial charge in [0.05, 0.1) is 10.7 Å². The maximum atomic E-state index is 5.61. The van der Waals surface area contributed by atoms with E-state index in [9.17, 15) is 0 Å². The first kappa shape index (κ1) is 13.2. The monoisotopic (exact) mass is 299 g/mol. The van der Waals surface area contributed by atoms with Crippen molar-refractivity contribution < 1.29 is 4.42 Å². The molecule has 0 aromatic carbocycles. The molecule has 0 bridgehead atoms. The molecule has 96 valence electrons. The van der Waals surface area contributed by atoms with Gasteiger partial charge in [0.2, 0.25) is 0 Å². The number of rotatable bonds is 5. The topological polar surface area (TPSA) is 25.2 Å². The Labute approximate surface area is 112 Å². The van der Waals surface area contributed by atoms with Gasteiger partial charge in [-0.1, -0.05) is 27.7 Å². The minimum atomic E-state index is 0.352. The van der Waals surface area contributed by atoms with Crippen LogP contribution in [0.25, 0.3) is 0 Å². The van der Waals surface area contributed by atoms with Gasteiger partial charge in [-0.3, -0.25) is 0 Å². The van der Waals surface area contributed by atoms with E-state index in [0.29, 0.717) is 23.2 Å². The third-order valence-electron chi connectivity index (χ3n) is 3.89. The molecule has 2 unspecified atom stereocenters. The Morgan fingerprint density at radius 1 is 1.47 bits per heavy atom. The smallest absolute Gasteiger partial charge is 0.121 e. The van der Waals surface area contributed by atoms with E-state index >= 15 is 0 Å². The lowest BCUT2D eigenvalue weighted by Crippen LogP contribution is -2.23. The Hall–Kier alpha value is -0.280. The molecule has 1 heterocycles. The van der Waals surface area contributed by atoms with Gasteiger partial charge in [-0.05, 0) is 52.3 Å². The second-order valence-electron chi connectivity index (χ2n) is 6.09. The standard InChI is InChI=1S/C14H22BrNO/c1-9(2)7-16-8-10-12(14(10,3)4)13-11(15)5-6-17-13/h5-6,9-10,12,16H,7-8H2,1-4H3. The number of nitrogens with one attached hydrogen (secondary N) is 1. The van der Waals surface area contributed by atoms with Crippen LogP contribution >= 0.6 is 15.9 Å². The quantitative estimate of drug-likeness (QED) is 0.888. The van der Waals surface area contributed by atoms with Crippen molar-refractivity contribution in [3.63, 3.8) is 0 Å². The van der Waals surface area contributed by atoms with Crippen LogP contribution in [0.1, 0.15) is 39.4 Å². The summed E-state index contributed by atoms with van der Waals surface area (Å²) in [7, 11) is 0. The fourth-order valence-electron chi connectivity index (χ4n) is 2.70. The van der Waals surface area contributed by atoms with Crippen LogP contribution in [0.2, 0.25) is 0 Å². The SMILES string of the molecule is CC(C)CNCC1C(c2occc2Br)C1(C)C. The van der Waals surface area contributed by atoms with Crippen molar-refractivity contribution in [1.82, 2.24) is 5.32 Å². The van der Waals surface area contributed by atoms with E-state index in [4.69, 9.17) is 4.42 Å². The highest BCUT2D eigenvalue weighted by atomic mass is 79.9. The molecular formula is C14H22BrNO. The molecule has 1 aromatic heterocycles. The third kappa shape index (κ3) is 2.60. The van der Waals surface area contributed by atoms with Crippen molar-refractivity contribution >= 4 is 15.9 Å². The average molecular weight is 300 g/mol. The van der Waals surface area contributed by atoms with Gasteiger partial charge in [-0.15, -0.1) is 0 Å². The Morgan fingerprint density at radius 3 is 2.71 bits per heavy atom. The first-order valence-corrected chi connectivity index (χ1v) is 7.17. The van der Waals surface area contributed by atoms with Crippen LogP contribution in [0, 0.1) is 17.3 Å². The van der Waals surface area contributed by atoms with Gasteiger partial charge in [0.25, 0.3) is 0 Å². The maximum absolute atomic E-state index is 5.61. The van der Waals surface area contributed by atoms with Gasteiger partial charge in [-0.25, -0.2) is 0 Å². The summed E-state index contributed by atoms with van der Waals surface area (Å²) in [5.41, 5.74) is 0.352. The van der Waals surface area contributed by atoms with Gasteiger partial charge in [0.1, 0.15) is 5.76 Å². The lowest BCUT2D eigenvalue weighted by atomic mass is 10.1. The van der Waals surface area contributed by atoms with E-state index in [0.717, 1.165) is 23.3 Å². The molecule has 1 fully saturated rings. The first-order valence-electron chi connectivity index (χ1n) is 6.38. The molecule has 2 atom stereocenters. The average Bonchev–Trinajstić information content (AvgIpc) is 2.57. The summed E-state index contributed by atoms with van der Waals surface area (Å²) in [6, 6.07) is 1.99. The lowest BCUT2D eigenvalue weighted by Gasteiger charge is -2.07. The normalized spacial score (nSPS) is 26.5. The molecule has 1 aliphatic rings. The van der Waals surface area contributed by atoms with Gasteiger partial charge >= 0.3 is 0 Å². The highest BCUT2D eigenvalue weighted by Crippen LogP contribution is 2.65. The Balaban J connectivity index is 1.95. The summed E-state index contributed by atoms with van der Waals surface area (Å²) in [5, 5.41) is 3.56. The first-order chi connectivity index (χ1) is 7.94. The predicted octanol–water partition coefficient (Wildman–Crippen LogP) is 4.03. The van der Waals surface area contributed by atoms with Crippen molar-refractivity contribution in [2.75, 3.05) is 13.1 Å². The van der Waals surface area contributed by atoms with Gasteiger partial charge in [0, 0.05) is 5.92 Å². The maximum Gasteiger partial charge on any atom is 0.121 e. The summed E-state index contributed by atoms with van der Waals surface area (Å²) in [4.78, 5) is 0. The molecule has 17 heavy (non-hydrogen) atoms. The fourth-order valence-corrected chi connectivity index (χ4v) is 3.15. The molecule has 2 nitrogen and oxygen atoms in total. The third-order valence-corrected chi connectivity index (χ3v) is 4.55. The number of hydrogen-bond donors (Lipinski definition) is 1. The molecule has 0 radical (unpaired) electrons. The van der Waals surface area contributed by atoms with Crippen LogP contribution in [0.5, 0.6) is 0 Å². The molecular weight excluding hydrogens is 278 g/mol. The minimum Gasteiger partial charge on any atom is -0.468 e. The molecule has 1 saturated carbocycles. The van der Waals surface area contributed by atoms with E-state index in [1.54, 1.807) is 6.26 Å². The zero-order valence-corrected chi connectivity index (χ0v) is 12.7. The van der Waals surface area contributed by atoms with E-state index < -0.39 is 0 Å². The second-order valence-corrected chi connectivity index (χ2v) is 6.94. The van der Waals surface area contributed by atoms with Crippen LogP contribution in [0.3, 0.4) is 0 Å². The van der Waals surface area contributed by atoms with Gasteiger partial charge in [0.15, 0.2) is 0 Å².